The Kier molecular flexibility index (Phi) is 7.22. The van der Waals surface area contributed by atoms with E-state index in [1.807, 2.05) is 87.5 Å². The first-order chi connectivity index (χ1) is 14.5. The first kappa shape index (κ1) is 21.1. The van der Waals surface area contributed by atoms with Gasteiger partial charge in [-0.3, -0.25) is 4.79 Å². The van der Waals surface area contributed by atoms with Gasteiger partial charge in [0.1, 0.15) is 18.1 Å². The van der Waals surface area contributed by atoms with Crippen LogP contribution in [0, 0.1) is 20.8 Å². The lowest BCUT2D eigenvalue weighted by molar-refractivity contribution is -0.123. The smallest absolute Gasteiger partial charge is 0.277 e. The summed E-state index contributed by atoms with van der Waals surface area (Å²) < 4.78 is 11.5. The van der Waals surface area contributed by atoms with Crippen LogP contribution in [0.2, 0.25) is 0 Å². The number of amides is 1. The van der Waals surface area contributed by atoms with Crippen molar-refractivity contribution in [2.75, 3.05) is 6.61 Å². The number of hydrazone groups is 1. The van der Waals surface area contributed by atoms with Crippen LogP contribution in [0.15, 0.2) is 71.8 Å². The van der Waals surface area contributed by atoms with Crippen LogP contribution < -0.4 is 14.9 Å². The van der Waals surface area contributed by atoms with Gasteiger partial charge < -0.3 is 9.47 Å². The van der Waals surface area contributed by atoms with Gasteiger partial charge in [0.05, 0.1) is 6.21 Å². The average molecular weight is 402 g/mol. The van der Waals surface area contributed by atoms with Crippen LogP contribution in [0.4, 0.5) is 0 Å². The SMILES string of the molecule is Cc1ccc(C)c(OCC(=O)NN=Cc2ccc(OCc3ccccc3)cc2)c1C. The van der Waals surface area contributed by atoms with Crippen LogP contribution >= 0.6 is 0 Å². The Balaban J connectivity index is 1.46. The van der Waals surface area contributed by atoms with E-state index in [9.17, 15) is 4.79 Å². The third-order valence-corrected chi connectivity index (χ3v) is 4.75. The molecule has 0 bridgehead atoms. The zero-order chi connectivity index (χ0) is 21.3. The average Bonchev–Trinajstić information content (AvgIpc) is 2.76. The Hall–Kier alpha value is -3.60. The van der Waals surface area contributed by atoms with Crippen molar-refractivity contribution in [1.82, 2.24) is 5.43 Å². The molecule has 0 heterocycles. The molecule has 0 aliphatic heterocycles. The minimum Gasteiger partial charge on any atom is -0.489 e. The van der Waals surface area contributed by atoms with Crippen LogP contribution in [0.5, 0.6) is 11.5 Å². The lowest BCUT2D eigenvalue weighted by atomic mass is 10.1. The van der Waals surface area contributed by atoms with Crippen molar-refractivity contribution in [1.29, 1.82) is 0 Å². The second kappa shape index (κ2) is 10.3. The molecule has 0 spiro atoms. The fraction of sp³-hybridized carbons (Fsp3) is 0.200. The van der Waals surface area contributed by atoms with Gasteiger partial charge in [-0.05, 0) is 72.9 Å². The summed E-state index contributed by atoms with van der Waals surface area (Å²) in [6.45, 7) is 6.40. The summed E-state index contributed by atoms with van der Waals surface area (Å²) in [6.07, 6.45) is 1.59. The molecule has 0 saturated carbocycles. The number of rotatable bonds is 8. The van der Waals surface area contributed by atoms with E-state index in [1.54, 1.807) is 6.21 Å². The molecule has 0 unspecified atom stereocenters. The maximum atomic E-state index is 12.0. The molecule has 0 fully saturated rings. The number of hydrogen-bond acceptors (Lipinski definition) is 4. The number of hydrogen-bond donors (Lipinski definition) is 1. The first-order valence-corrected chi connectivity index (χ1v) is 9.81. The van der Waals surface area contributed by atoms with E-state index in [2.05, 4.69) is 10.5 Å². The molecule has 154 valence electrons. The van der Waals surface area contributed by atoms with Crippen molar-refractivity contribution in [3.63, 3.8) is 0 Å². The summed E-state index contributed by atoms with van der Waals surface area (Å²) >= 11 is 0. The first-order valence-electron chi connectivity index (χ1n) is 9.81. The largest absolute Gasteiger partial charge is 0.489 e. The van der Waals surface area contributed by atoms with E-state index in [0.717, 1.165) is 39.3 Å². The zero-order valence-corrected chi connectivity index (χ0v) is 17.5. The van der Waals surface area contributed by atoms with Crippen molar-refractivity contribution in [2.24, 2.45) is 5.10 Å². The fourth-order valence-electron chi connectivity index (χ4n) is 2.89. The Morgan fingerprint density at radius 1 is 0.900 bits per heavy atom. The van der Waals surface area contributed by atoms with E-state index in [-0.39, 0.29) is 12.5 Å². The highest BCUT2D eigenvalue weighted by Gasteiger charge is 2.08. The fourth-order valence-corrected chi connectivity index (χ4v) is 2.89. The molecule has 1 amide bonds. The molecule has 3 aromatic rings. The maximum Gasteiger partial charge on any atom is 0.277 e. The number of carbonyl (C=O) groups excluding carboxylic acids is 1. The van der Waals surface area contributed by atoms with Gasteiger partial charge in [0.25, 0.3) is 5.91 Å². The molecule has 5 heteroatoms. The second-order valence-corrected chi connectivity index (χ2v) is 7.08. The van der Waals surface area contributed by atoms with Gasteiger partial charge in [0.15, 0.2) is 6.61 Å². The van der Waals surface area contributed by atoms with Gasteiger partial charge >= 0.3 is 0 Å². The Morgan fingerprint density at radius 3 is 2.33 bits per heavy atom. The summed E-state index contributed by atoms with van der Waals surface area (Å²) in [5, 5.41) is 3.99. The molecule has 5 nitrogen and oxygen atoms in total. The zero-order valence-electron chi connectivity index (χ0n) is 17.5. The molecule has 1 N–H and O–H groups in total. The molecule has 0 saturated heterocycles. The summed E-state index contributed by atoms with van der Waals surface area (Å²) in [7, 11) is 0. The van der Waals surface area contributed by atoms with Crippen LogP contribution in [0.25, 0.3) is 0 Å². The van der Waals surface area contributed by atoms with Crippen LogP contribution in [-0.2, 0) is 11.4 Å². The van der Waals surface area contributed by atoms with Crippen molar-refractivity contribution in [3.05, 3.63) is 94.5 Å². The molecule has 0 atom stereocenters. The van der Waals surface area contributed by atoms with E-state index >= 15 is 0 Å². The van der Waals surface area contributed by atoms with Crippen LogP contribution in [-0.4, -0.2) is 18.7 Å². The molecule has 0 radical (unpaired) electrons. The van der Waals surface area contributed by atoms with Crippen molar-refractivity contribution in [2.45, 2.75) is 27.4 Å². The number of benzene rings is 3. The minimum absolute atomic E-state index is 0.0886. The van der Waals surface area contributed by atoms with Gasteiger partial charge in [-0.15, -0.1) is 0 Å². The van der Waals surface area contributed by atoms with Crippen molar-refractivity contribution < 1.29 is 14.3 Å². The van der Waals surface area contributed by atoms with Crippen molar-refractivity contribution in [3.8, 4) is 11.5 Å². The molecular weight excluding hydrogens is 376 g/mol. The minimum atomic E-state index is -0.311. The Bertz CT molecular complexity index is 1010. The molecule has 3 rings (SSSR count). The van der Waals surface area contributed by atoms with Gasteiger partial charge in [-0.1, -0.05) is 42.5 Å². The van der Waals surface area contributed by atoms with E-state index in [1.165, 1.54) is 0 Å². The number of nitrogens with one attached hydrogen (secondary N) is 1. The highest BCUT2D eigenvalue weighted by molar-refractivity contribution is 5.83. The number of aryl methyl sites for hydroxylation is 2. The molecule has 0 aliphatic rings. The third kappa shape index (κ3) is 5.95. The Labute approximate surface area is 177 Å². The summed E-state index contributed by atoms with van der Waals surface area (Å²) in [5.41, 5.74) is 7.64. The quantitative estimate of drug-likeness (QED) is 0.438. The van der Waals surface area contributed by atoms with Gasteiger partial charge in [-0.2, -0.15) is 5.10 Å². The topological polar surface area (TPSA) is 59.9 Å². The lowest BCUT2D eigenvalue weighted by Gasteiger charge is -2.13. The summed E-state index contributed by atoms with van der Waals surface area (Å²) in [6, 6.07) is 21.5. The lowest BCUT2D eigenvalue weighted by Crippen LogP contribution is -2.25. The Morgan fingerprint density at radius 2 is 1.60 bits per heavy atom. The van der Waals surface area contributed by atoms with E-state index < -0.39 is 0 Å². The maximum absolute atomic E-state index is 12.0. The van der Waals surface area contributed by atoms with Gasteiger partial charge in [0, 0.05) is 0 Å². The highest BCUT2D eigenvalue weighted by Crippen LogP contribution is 2.25. The molecule has 3 aromatic carbocycles. The monoisotopic (exact) mass is 402 g/mol. The summed E-state index contributed by atoms with van der Waals surface area (Å²) in [5.74, 6) is 1.21. The van der Waals surface area contributed by atoms with E-state index in [0.29, 0.717) is 6.61 Å². The van der Waals surface area contributed by atoms with E-state index in [4.69, 9.17) is 9.47 Å². The number of nitrogens with zero attached hydrogens (tertiary/aromatic N) is 1. The molecule has 0 aromatic heterocycles. The predicted molar refractivity (Wildman–Crippen MR) is 119 cm³/mol. The number of ether oxygens (including phenoxy) is 2. The number of carbonyl (C=O) groups is 1. The summed E-state index contributed by atoms with van der Waals surface area (Å²) in [4.78, 5) is 12.0. The van der Waals surface area contributed by atoms with Crippen LogP contribution in [0.3, 0.4) is 0 Å². The highest BCUT2D eigenvalue weighted by atomic mass is 16.5. The molecule has 0 aliphatic carbocycles. The predicted octanol–water partition coefficient (Wildman–Crippen LogP) is 4.72. The second-order valence-electron chi connectivity index (χ2n) is 7.08. The van der Waals surface area contributed by atoms with Crippen LogP contribution in [0.1, 0.15) is 27.8 Å². The normalized spacial score (nSPS) is 10.8. The standard InChI is InChI=1S/C25H26N2O3/c1-18-9-10-19(2)25(20(18)3)30-17-24(28)27-26-15-21-11-13-23(14-12-21)29-16-22-7-5-4-6-8-22/h4-15H,16-17H2,1-3H3,(H,27,28). The van der Waals surface area contributed by atoms with Gasteiger partial charge in [0.2, 0.25) is 0 Å². The van der Waals surface area contributed by atoms with Gasteiger partial charge in [-0.25, -0.2) is 5.43 Å². The van der Waals surface area contributed by atoms with Crippen molar-refractivity contribution >= 4 is 12.1 Å². The molecular formula is C25H26N2O3. The molecule has 30 heavy (non-hydrogen) atoms. The third-order valence-electron chi connectivity index (χ3n) is 4.75.